The molecule has 6 heteroatoms. The summed E-state index contributed by atoms with van der Waals surface area (Å²) in [5.41, 5.74) is 1.20. The van der Waals surface area contributed by atoms with Crippen LogP contribution in [0, 0.1) is 0 Å². The van der Waals surface area contributed by atoms with E-state index < -0.39 is 0 Å². The second kappa shape index (κ2) is 9.74. The van der Waals surface area contributed by atoms with Crippen LogP contribution in [0.1, 0.15) is 62.2 Å². The summed E-state index contributed by atoms with van der Waals surface area (Å²) < 4.78 is 0. The van der Waals surface area contributed by atoms with Crippen molar-refractivity contribution in [2.45, 2.75) is 64.0 Å². The smallest absolute Gasteiger partial charge is 0.319 e. The Morgan fingerprint density at radius 1 is 1.15 bits per heavy atom. The van der Waals surface area contributed by atoms with Crippen LogP contribution >= 0.6 is 0 Å². The van der Waals surface area contributed by atoms with Crippen molar-refractivity contribution in [1.29, 1.82) is 0 Å². The third-order valence-electron chi connectivity index (χ3n) is 5.56. The fraction of sp³-hybridized carbons (Fsp3) is 0.619. The zero-order valence-electron chi connectivity index (χ0n) is 16.3. The van der Waals surface area contributed by atoms with Gasteiger partial charge in [0.2, 0.25) is 0 Å². The first-order valence-electron chi connectivity index (χ1n) is 10.4. The third kappa shape index (κ3) is 5.70. The molecule has 1 atom stereocenters. The number of carbonyl (C=O) groups excluding carboxylic acids is 2. The van der Waals surface area contributed by atoms with Gasteiger partial charge in [-0.15, -0.1) is 0 Å². The van der Waals surface area contributed by atoms with E-state index in [9.17, 15) is 9.59 Å². The van der Waals surface area contributed by atoms with Gasteiger partial charge in [0.05, 0.1) is 0 Å². The van der Waals surface area contributed by atoms with E-state index in [1.165, 1.54) is 32.1 Å². The number of benzene rings is 1. The number of hydrogen-bond donors (Lipinski definition) is 3. The molecule has 3 N–H and O–H groups in total. The van der Waals surface area contributed by atoms with E-state index in [4.69, 9.17) is 0 Å². The van der Waals surface area contributed by atoms with Crippen molar-refractivity contribution in [3.63, 3.8) is 0 Å². The molecule has 1 saturated carbocycles. The monoisotopic (exact) mass is 372 g/mol. The number of hydrogen-bond acceptors (Lipinski definition) is 3. The fourth-order valence-corrected chi connectivity index (χ4v) is 4.11. The molecule has 3 amide bonds. The van der Waals surface area contributed by atoms with Gasteiger partial charge >= 0.3 is 6.03 Å². The van der Waals surface area contributed by atoms with Crippen molar-refractivity contribution in [2.75, 3.05) is 25.0 Å². The van der Waals surface area contributed by atoms with Gasteiger partial charge < -0.3 is 16.0 Å². The zero-order chi connectivity index (χ0) is 19.1. The minimum Gasteiger partial charge on any atom is -0.352 e. The Balaban J connectivity index is 1.47. The maximum atomic E-state index is 12.4. The lowest BCUT2D eigenvalue weighted by atomic mass is 9.94. The highest BCUT2D eigenvalue weighted by atomic mass is 16.2. The summed E-state index contributed by atoms with van der Waals surface area (Å²) in [6, 6.07) is 7.77. The maximum Gasteiger partial charge on any atom is 0.319 e. The molecule has 1 heterocycles. The Bertz CT molecular complexity index is 643. The first-order valence-corrected chi connectivity index (χ1v) is 10.4. The minimum atomic E-state index is -0.198. The van der Waals surface area contributed by atoms with Gasteiger partial charge in [0, 0.05) is 43.0 Å². The molecule has 6 nitrogen and oxygen atoms in total. The van der Waals surface area contributed by atoms with Gasteiger partial charge in [-0.1, -0.05) is 32.3 Å². The van der Waals surface area contributed by atoms with Gasteiger partial charge in [-0.05, 0) is 43.9 Å². The Labute approximate surface area is 162 Å². The highest BCUT2D eigenvalue weighted by Crippen LogP contribution is 2.25. The minimum absolute atomic E-state index is 0.111. The van der Waals surface area contributed by atoms with Crippen molar-refractivity contribution in [3.8, 4) is 0 Å². The maximum absolute atomic E-state index is 12.4. The van der Waals surface area contributed by atoms with Gasteiger partial charge in [-0.3, -0.25) is 9.69 Å². The van der Waals surface area contributed by atoms with Crippen LogP contribution in [0.3, 0.4) is 0 Å². The highest BCUT2D eigenvalue weighted by molar-refractivity contribution is 5.96. The standard InChI is InChI=1S/C21H32N4O2/c1-2-12-22-20(26)16-7-6-8-17(14-16)23-21(27)24-18-11-13-25(15-18)19-9-4-3-5-10-19/h6-8,14,18-19H,2-5,9-13,15H2,1H3,(H,22,26)(H2,23,24,27). The van der Waals surface area contributed by atoms with Crippen molar-refractivity contribution in [1.82, 2.24) is 15.5 Å². The summed E-state index contributed by atoms with van der Waals surface area (Å²) in [6.45, 7) is 4.68. The van der Waals surface area contributed by atoms with E-state index in [1.807, 2.05) is 6.92 Å². The summed E-state index contributed by atoms with van der Waals surface area (Å²) >= 11 is 0. The SMILES string of the molecule is CCCNC(=O)c1cccc(NC(=O)NC2CCN(C3CCCCC3)C2)c1. The molecule has 1 aliphatic carbocycles. The fourth-order valence-electron chi connectivity index (χ4n) is 4.11. The number of nitrogens with one attached hydrogen (secondary N) is 3. The molecule has 3 rings (SSSR count). The van der Waals surface area contributed by atoms with Crippen molar-refractivity contribution < 1.29 is 9.59 Å². The second-order valence-electron chi connectivity index (χ2n) is 7.71. The molecule has 2 aliphatic rings. The highest BCUT2D eigenvalue weighted by Gasteiger charge is 2.29. The van der Waals surface area contributed by atoms with Crippen LogP contribution in [-0.4, -0.2) is 48.6 Å². The average Bonchev–Trinajstić information content (AvgIpc) is 3.15. The average molecular weight is 373 g/mol. The normalized spacial score (nSPS) is 21.0. The van der Waals surface area contributed by atoms with Crippen LogP contribution in [0.25, 0.3) is 0 Å². The van der Waals surface area contributed by atoms with E-state index in [0.717, 1.165) is 25.9 Å². The van der Waals surface area contributed by atoms with E-state index in [0.29, 0.717) is 23.8 Å². The summed E-state index contributed by atoms with van der Waals surface area (Å²) in [4.78, 5) is 27.0. The molecule has 0 spiro atoms. The van der Waals surface area contributed by atoms with Crippen LogP contribution in [0.15, 0.2) is 24.3 Å². The second-order valence-corrected chi connectivity index (χ2v) is 7.71. The lowest BCUT2D eigenvalue weighted by Crippen LogP contribution is -2.42. The molecule has 1 unspecified atom stereocenters. The van der Waals surface area contributed by atoms with E-state index in [1.54, 1.807) is 24.3 Å². The van der Waals surface area contributed by atoms with Gasteiger partial charge in [0.25, 0.3) is 5.91 Å². The molecule has 0 bridgehead atoms. The quantitative estimate of drug-likeness (QED) is 0.717. The van der Waals surface area contributed by atoms with Crippen LogP contribution in [0.5, 0.6) is 0 Å². The molecule has 1 saturated heterocycles. The van der Waals surface area contributed by atoms with Crippen LogP contribution in [0.4, 0.5) is 10.5 Å². The molecule has 1 aliphatic heterocycles. The predicted molar refractivity (Wildman–Crippen MR) is 108 cm³/mol. The van der Waals surface area contributed by atoms with Crippen molar-refractivity contribution in [3.05, 3.63) is 29.8 Å². The number of anilines is 1. The third-order valence-corrected chi connectivity index (χ3v) is 5.56. The predicted octanol–water partition coefficient (Wildman–Crippen LogP) is 3.35. The molecular weight excluding hydrogens is 340 g/mol. The Hall–Kier alpha value is -2.08. The van der Waals surface area contributed by atoms with Crippen LogP contribution in [-0.2, 0) is 0 Å². The molecular formula is C21H32N4O2. The Morgan fingerprint density at radius 3 is 2.74 bits per heavy atom. The Morgan fingerprint density at radius 2 is 1.96 bits per heavy atom. The van der Waals surface area contributed by atoms with E-state index >= 15 is 0 Å². The zero-order valence-corrected chi connectivity index (χ0v) is 16.3. The van der Waals surface area contributed by atoms with Gasteiger partial charge in [0.15, 0.2) is 0 Å². The first kappa shape index (κ1) is 19.7. The molecule has 0 aromatic heterocycles. The number of carbonyl (C=O) groups is 2. The van der Waals surface area contributed by atoms with E-state index in [2.05, 4.69) is 20.9 Å². The first-order chi connectivity index (χ1) is 13.2. The van der Waals surface area contributed by atoms with Gasteiger partial charge in [-0.2, -0.15) is 0 Å². The summed E-state index contributed by atoms with van der Waals surface area (Å²) in [5.74, 6) is -0.111. The van der Waals surface area contributed by atoms with Crippen LogP contribution in [0.2, 0.25) is 0 Å². The largest absolute Gasteiger partial charge is 0.352 e. The number of nitrogens with zero attached hydrogens (tertiary/aromatic N) is 1. The number of rotatable bonds is 6. The molecule has 2 fully saturated rings. The van der Waals surface area contributed by atoms with Crippen LogP contribution < -0.4 is 16.0 Å². The summed E-state index contributed by atoms with van der Waals surface area (Å²) in [6.07, 6.45) is 8.53. The summed E-state index contributed by atoms with van der Waals surface area (Å²) in [5, 5.41) is 8.80. The molecule has 1 aromatic carbocycles. The molecule has 1 aromatic rings. The lowest BCUT2D eigenvalue weighted by molar-refractivity contribution is 0.0953. The molecule has 27 heavy (non-hydrogen) atoms. The topological polar surface area (TPSA) is 73.5 Å². The van der Waals surface area contributed by atoms with Crippen molar-refractivity contribution in [2.24, 2.45) is 0 Å². The van der Waals surface area contributed by atoms with Gasteiger partial charge in [0.1, 0.15) is 0 Å². The van der Waals surface area contributed by atoms with E-state index in [-0.39, 0.29) is 18.0 Å². The lowest BCUT2D eigenvalue weighted by Gasteiger charge is -2.31. The van der Waals surface area contributed by atoms with Gasteiger partial charge in [-0.25, -0.2) is 4.79 Å². The molecule has 0 radical (unpaired) electrons. The summed E-state index contributed by atoms with van der Waals surface area (Å²) in [7, 11) is 0. The number of likely N-dealkylation sites (tertiary alicyclic amines) is 1. The number of urea groups is 1. The van der Waals surface area contributed by atoms with Crippen molar-refractivity contribution >= 4 is 17.6 Å². The number of amides is 3. The Kier molecular flexibility index (Phi) is 7.10. The molecule has 148 valence electrons.